The maximum absolute atomic E-state index is 13.0. The maximum Gasteiger partial charge on any atom is 0.228 e. The van der Waals surface area contributed by atoms with Crippen LogP contribution in [-0.2, 0) is 11.3 Å². The number of hydrogen-bond acceptors (Lipinski definition) is 1. The molecule has 3 rings (SSSR count). The van der Waals surface area contributed by atoms with Crippen LogP contribution >= 0.6 is 0 Å². The summed E-state index contributed by atoms with van der Waals surface area (Å²) in [5.41, 5.74) is 3.28. The summed E-state index contributed by atoms with van der Waals surface area (Å²) in [6.45, 7) is 2.64. The highest BCUT2D eigenvalue weighted by Crippen LogP contribution is 2.27. The molecule has 1 N–H and O–H groups in total. The fourth-order valence-corrected chi connectivity index (χ4v) is 3.19. The quantitative estimate of drug-likeness (QED) is 0.601. The highest BCUT2D eigenvalue weighted by atomic mass is 16.1. The molecule has 0 saturated carbocycles. The van der Waals surface area contributed by atoms with E-state index in [1.807, 2.05) is 78.9 Å². The summed E-state index contributed by atoms with van der Waals surface area (Å²) in [6, 6.07) is 30.2. The number of rotatable bonds is 7. The predicted molar refractivity (Wildman–Crippen MR) is 112 cm³/mol. The van der Waals surface area contributed by atoms with Gasteiger partial charge >= 0.3 is 0 Å². The summed E-state index contributed by atoms with van der Waals surface area (Å²) in [5, 5.41) is 3.10. The van der Waals surface area contributed by atoms with Gasteiger partial charge in [0.25, 0.3) is 0 Å². The van der Waals surface area contributed by atoms with E-state index < -0.39 is 0 Å². The molecule has 0 aliphatic carbocycles. The van der Waals surface area contributed by atoms with Gasteiger partial charge in [-0.05, 0) is 22.6 Å². The molecule has 0 aromatic heterocycles. The van der Waals surface area contributed by atoms with Crippen molar-refractivity contribution >= 4 is 12.0 Å². The van der Waals surface area contributed by atoms with Gasteiger partial charge in [0.2, 0.25) is 5.91 Å². The number of carbonyl (C=O) groups is 1. The lowest BCUT2D eigenvalue weighted by atomic mass is 9.85. The van der Waals surface area contributed by atoms with E-state index in [1.165, 1.54) is 0 Å². The van der Waals surface area contributed by atoms with Crippen LogP contribution in [0.1, 0.15) is 29.5 Å². The second kappa shape index (κ2) is 9.54. The maximum atomic E-state index is 13.0. The van der Waals surface area contributed by atoms with E-state index in [2.05, 4.69) is 36.5 Å². The molecular formula is C25H25NO. The highest BCUT2D eigenvalue weighted by molar-refractivity contribution is 5.84. The lowest BCUT2D eigenvalue weighted by Crippen LogP contribution is -2.32. The zero-order valence-electron chi connectivity index (χ0n) is 15.6. The average molecular weight is 355 g/mol. The van der Waals surface area contributed by atoms with E-state index in [9.17, 15) is 4.79 Å². The van der Waals surface area contributed by atoms with E-state index in [-0.39, 0.29) is 17.7 Å². The summed E-state index contributed by atoms with van der Waals surface area (Å²) >= 11 is 0. The largest absolute Gasteiger partial charge is 0.351 e. The Bertz CT molecular complexity index is 857. The van der Waals surface area contributed by atoms with Crippen molar-refractivity contribution in [3.63, 3.8) is 0 Å². The first-order valence-corrected chi connectivity index (χ1v) is 9.34. The Morgan fingerprint density at radius 3 is 2.04 bits per heavy atom. The number of amides is 1. The van der Waals surface area contributed by atoms with Gasteiger partial charge in [0.1, 0.15) is 0 Å². The van der Waals surface area contributed by atoms with Gasteiger partial charge in [0.15, 0.2) is 0 Å². The van der Waals surface area contributed by atoms with Crippen LogP contribution in [-0.4, -0.2) is 5.91 Å². The van der Waals surface area contributed by atoms with Gasteiger partial charge in [-0.1, -0.05) is 110 Å². The molecular weight excluding hydrogens is 330 g/mol. The molecule has 3 aromatic rings. The Balaban J connectivity index is 1.76. The molecule has 136 valence electrons. The van der Waals surface area contributed by atoms with Gasteiger partial charge < -0.3 is 5.32 Å². The van der Waals surface area contributed by atoms with E-state index in [4.69, 9.17) is 0 Å². The zero-order valence-corrected chi connectivity index (χ0v) is 15.6. The molecule has 2 nitrogen and oxygen atoms in total. The number of nitrogens with one attached hydrogen (secondary N) is 1. The lowest BCUT2D eigenvalue weighted by molar-refractivity contribution is -0.123. The Labute approximate surface area is 161 Å². The van der Waals surface area contributed by atoms with E-state index >= 15 is 0 Å². The van der Waals surface area contributed by atoms with Crippen molar-refractivity contribution in [3.8, 4) is 0 Å². The van der Waals surface area contributed by atoms with Crippen molar-refractivity contribution in [1.29, 1.82) is 0 Å². The number of hydrogen-bond donors (Lipinski definition) is 1. The van der Waals surface area contributed by atoms with Crippen LogP contribution in [0.15, 0.2) is 97.1 Å². The van der Waals surface area contributed by atoms with Crippen LogP contribution < -0.4 is 5.32 Å². The molecule has 1 amide bonds. The van der Waals surface area contributed by atoms with E-state index in [0.717, 1.165) is 16.7 Å². The van der Waals surface area contributed by atoms with Crippen molar-refractivity contribution in [1.82, 2.24) is 5.32 Å². The van der Waals surface area contributed by atoms with Gasteiger partial charge in [-0.25, -0.2) is 0 Å². The SMILES string of the molecule is C[C@@H](/C=C/c1ccccc1)[C@H](C(=O)NCc1ccccc1)c1ccccc1. The second-order valence-electron chi connectivity index (χ2n) is 6.72. The molecule has 0 saturated heterocycles. The van der Waals surface area contributed by atoms with Crippen LogP contribution in [0.5, 0.6) is 0 Å². The average Bonchev–Trinajstić information content (AvgIpc) is 2.73. The summed E-state index contributed by atoms with van der Waals surface area (Å²) in [7, 11) is 0. The molecule has 3 aromatic carbocycles. The lowest BCUT2D eigenvalue weighted by Gasteiger charge is -2.22. The Hall–Kier alpha value is -3.13. The van der Waals surface area contributed by atoms with Crippen LogP contribution in [0, 0.1) is 5.92 Å². The van der Waals surface area contributed by atoms with Gasteiger partial charge in [-0.15, -0.1) is 0 Å². The summed E-state index contributed by atoms with van der Waals surface area (Å²) in [4.78, 5) is 13.0. The third kappa shape index (κ3) is 5.42. The molecule has 27 heavy (non-hydrogen) atoms. The van der Waals surface area contributed by atoms with Crippen LogP contribution in [0.3, 0.4) is 0 Å². The first-order valence-electron chi connectivity index (χ1n) is 9.34. The van der Waals surface area contributed by atoms with Crippen molar-refractivity contribution in [2.45, 2.75) is 19.4 Å². The second-order valence-corrected chi connectivity index (χ2v) is 6.72. The number of benzene rings is 3. The van der Waals surface area contributed by atoms with E-state index in [1.54, 1.807) is 0 Å². The number of carbonyl (C=O) groups excluding carboxylic acids is 1. The minimum atomic E-state index is -0.227. The first kappa shape index (κ1) is 18.7. The fraction of sp³-hybridized carbons (Fsp3) is 0.160. The molecule has 0 aliphatic rings. The Kier molecular flexibility index (Phi) is 6.59. The van der Waals surface area contributed by atoms with Gasteiger partial charge in [0.05, 0.1) is 5.92 Å². The van der Waals surface area contributed by atoms with Crippen molar-refractivity contribution in [2.75, 3.05) is 0 Å². The zero-order chi connectivity index (χ0) is 18.9. The molecule has 2 heteroatoms. The van der Waals surface area contributed by atoms with E-state index in [0.29, 0.717) is 6.54 Å². The molecule has 0 aliphatic heterocycles. The van der Waals surface area contributed by atoms with Gasteiger partial charge in [-0.2, -0.15) is 0 Å². The standard InChI is InChI=1S/C25H25NO/c1-20(17-18-21-11-5-2-6-12-21)24(23-15-9-4-10-16-23)25(27)26-19-22-13-7-3-8-14-22/h2-18,20,24H,19H2,1H3,(H,26,27)/b18-17+/t20-,24-/m0/s1. The molecule has 0 radical (unpaired) electrons. The fourth-order valence-electron chi connectivity index (χ4n) is 3.19. The Morgan fingerprint density at radius 2 is 1.41 bits per heavy atom. The minimum absolute atomic E-state index is 0.0512. The summed E-state index contributed by atoms with van der Waals surface area (Å²) in [6.07, 6.45) is 4.21. The Morgan fingerprint density at radius 1 is 0.852 bits per heavy atom. The molecule has 0 heterocycles. The summed E-state index contributed by atoms with van der Waals surface area (Å²) in [5.74, 6) is -0.103. The van der Waals surface area contributed by atoms with Crippen LogP contribution in [0.25, 0.3) is 6.08 Å². The minimum Gasteiger partial charge on any atom is -0.351 e. The molecule has 0 spiro atoms. The van der Waals surface area contributed by atoms with Crippen molar-refractivity contribution in [3.05, 3.63) is 114 Å². The van der Waals surface area contributed by atoms with Crippen molar-refractivity contribution < 1.29 is 4.79 Å². The molecule has 2 atom stereocenters. The smallest absolute Gasteiger partial charge is 0.228 e. The molecule has 0 fully saturated rings. The number of allylic oxidation sites excluding steroid dienone is 1. The molecule has 0 unspecified atom stereocenters. The third-order valence-corrected chi connectivity index (χ3v) is 4.67. The third-order valence-electron chi connectivity index (χ3n) is 4.67. The summed E-state index contributed by atoms with van der Waals surface area (Å²) < 4.78 is 0. The predicted octanol–water partition coefficient (Wildman–Crippen LogP) is 5.44. The first-order chi connectivity index (χ1) is 13.2. The van der Waals surface area contributed by atoms with Crippen molar-refractivity contribution in [2.24, 2.45) is 5.92 Å². The van der Waals surface area contributed by atoms with Gasteiger partial charge in [-0.3, -0.25) is 4.79 Å². The van der Waals surface area contributed by atoms with Crippen LogP contribution in [0.2, 0.25) is 0 Å². The van der Waals surface area contributed by atoms with Crippen LogP contribution in [0.4, 0.5) is 0 Å². The normalized spacial score (nSPS) is 13.2. The van der Waals surface area contributed by atoms with Gasteiger partial charge in [0, 0.05) is 6.54 Å². The molecule has 0 bridgehead atoms. The monoisotopic (exact) mass is 355 g/mol. The topological polar surface area (TPSA) is 29.1 Å². The highest BCUT2D eigenvalue weighted by Gasteiger charge is 2.25.